The van der Waals surface area contributed by atoms with E-state index in [1.54, 1.807) is 12.1 Å². The van der Waals surface area contributed by atoms with Gasteiger partial charge in [0, 0.05) is 11.5 Å². The van der Waals surface area contributed by atoms with Gasteiger partial charge < -0.3 is 5.11 Å². The van der Waals surface area contributed by atoms with Gasteiger partial charge >= 0.3 is 0 Å². The Morgan fingerprint density at radius 3 is 2.75 bits per heavy atom. The summed E-state index contributed by atoms with van der Waals surface area (Å²) in [4.78, 5) is 0. The van der Waals surface area contributed by atoms with Crippen molar-refractivity contribution in [2.24, 2.45) is 0 Å². The molecule has 1 N–H and O–H groups in total. The van der Waals surface area contributed by atoms with E-state index >= 15 is 0 Å². The maximum absolute atomic E-state index is 13.3. The molecular formula is C15H16ClFN2O. The zero-order chi connectivity index (χ0) is 14.1. The fraction of sp³-hybridized carbons (Fsp3) is 0.400. The van der Waals surface area contributed by atoms with Crippen molar-refractivity contribution in [3.63, 3.8) is 0 Å². The van der Waals surface area contributed by atoms with Crippen molar-refractivity contribution in [3.8, 4) is 5.69 Å². The Morgan fingerprint density at radius 1 is 1.35 bits per heavy atom. The molecule has 0 amide bonds. The van der Waals surface area contributed by atoms with Crippen LogP contribution >= 0.6 is 11.6 Å². The number of aliphatic hydroxyl groups excluding tert-OH is 1. The number of hydrogen-bond donors (Lipinski definition) is 1. The third kappa shape index (κ3) is 2.34. The number of nitrogens with zero attached hydrogens (tertiary/aromatic N) is 2. The predicted octanol–water partition coefficient (Wildman–Crippen LogP) is 3.81. The van der Waals surface area contributed by atoms with Crippen molar-refractivity contribution in [3.05, 3.63) is 46.5 Å². The summed E-state index contributed by atoms with van der Waals surface area (Å²) in [6.07, 6.45) is 4.51. The molecule has 5 heteroatoms. The Labute approximate surface area is 122 Å². The van der Waals surface area contributed by atoms with Crippen LogP contribution in [-0.2, 0) is 6.61 Å². The number of halogens is 2. The largest absolute Gasteiger partial charge is 0.391 e. The normalized spacial score (nSPS) is 15.9. The third-order valence-electron chi connectivity index (χ3n) is 3.90. The molecule has 0 saturated heterocycles. The number of aromatic nitrogens is 2. The van der Waals surface area contributed by atoms with Crippen molar-refractivity contribution < 1.29 is 9.50 Å². The molecule has 0 aliphatic heterocycles. The zero-order valence-corrected chi connectivity index (χ0v) is 11.8. The SMILES string of the molecule is OCc1c(C2CCCC2)nn(-c2cccc(F)c2)c1Cl. The molecule has 1 aromatic carbocycles. The van der Waals surface area contributed by atoms with Crippen LogP contribution in [0.15, 0.2) is 24.3 Å². The monoisotopic (exact) mass is 294 g/mol. The topological polar surface area (TPSA) is 38.1 Å². The van der Waals surface area contributed by atoms with Gasteiger partial charge in [-0.3, -0.25) is 0 Å². The molecule has 2 aromatic rings. The lowest BCUT2D eigenvalue weighted by atomic mass is 10.0. The van der Waals surface area contributed by atoms with E-state index in [4.69, 9.17) is 11.6 Å². The van der Waals surface area contributed by atoms with Gasteiger partial charge in [-0.1, -0.05) is 30.5 Å². The molecule has 1 saturated carbocycles. The maximum atomic E-state index is 13.3. The summed E-state index contributed by atoms with van der Waals surface area (Å²) < 4.78 is 14.9. The van der Waals surface area contributed by atoms with E-state index in [1.807, 2.05) is 0 Å². The Morgan fingerprint density at radius 2 is 2.10 bits per heavy atom. The summed E-state index contributed by atoms with van der Waals surface area (Å²) in [6, 6.07) is 6.14. The predicted molar refractivity (Wildman–Crippen MR) is 75.7 cm³/mol. The minimum absolute atomic E-state index is 0.139. The first-order chi connectivity index (χ1) is 9.70. The Hall–Kier alpha value is -1.39. The lowest BCUT2D eigenvalue weighted by molar-refractivity contribution is 0.280. The average molecular weight is 295 g/mol. The molecule has 106 valence electrons. The Kier molecular flexibility index (Phi) is 3.76. The number of benzene rings is 1. The molecule has 0 radical (unpaired) electrons. The molecule has 3 rings (SSSR count). The molecule has 0 spiro atoms. The molecule has 1 aromatic heterocycles. The van der Waals surface area contributed by atoms with Gasteiger partial charge in [0.25, 0.3) is 0 Å². The van der Waals surface area contributed by atoms with Crippen LogP contribution in [0, 0.1) is 5.82 Å². The van der Waals surface area contributed by atoms with Crippen LogP contribution in [0.25, 0.3) is 5.69 Å². The Bertz CT molecular complexity index is 620. The highest BCUT2D eigenvalue weighted by Gasteiger charge is 2.26. The molecule has 0 unspecified atom stereocenters. The van der Waals surface area contributed by atoms with Crippen molar-refractivity contribution in [2.75, 3.05) is 0 Å². The molecule has 1 aliphatic rings. The molecule has 0 bridgehead atoms. The summed E-state index contributed by atoms with van der Waals surface area (Å²) in [5.74, 6) is 0.0199. The van der Waals surface area contributed by atoms with Gasteiger partial charge in [-0.25, -0.2) is 9.07 Å². The fourth-order valence-electron chi connectivity index (χ4n) is 2.90. The maximum Gasteiger partial charge on any atom is 0.138 e. The first-order valence-corrected chi connectivity index (χ1v) is 7.22. The highest BCUT2D eigenvalue weighted by Crippen LogP contribution is 2.38. The van der Waals surface area contributed by atoms with Crippen LogP contribution in [0.1, 0.15) is 42.9 Å². The van der Waals surface area contributed by atoms with E-state index in [2.05, 4.69) is 5.10 Å². The standard InChI is InChI=1S/C15H16ClFN2O/c16-15-13(9-20)14(10-4-1-2-5-10)18-19(15)12-7-3-6-11(17)8-12/h3,6-8,10,20H,1-2,4-5,9H2. The molecule has 20 heavy (non-hydrogen) atoms. The second-order valence-corrected chi connectivity index (χ2v) is 5.54. The van der Waals surface area contributed by atoms with E-state index in [1.165, 1.54) is 29.7 Å². The van der Waals surface area contributed by atoms with E-state index in [0.717, 1.165) is 18.5 Å². The first-order valence-electron chi connectivity index (χ1n) is 6.85. The molecular weight excluding hydrogens is 279 g/mol. The van der Waals surface area contributed by atoms with Crippen molar-refractivity contribution in [1.29, 1.82) is 0 Å². The van der Waals surface area contributed by atoms with E-state index < -0.39 is 0 Å². The molecule has 1 aliphatic carbocycles. The molecule has 1 heterocycles. The van der Waals surface area contributed by atoms with Crippen LogP contribution in [0.5, 0.6) is 0 Å². The van der Waals surface area contributed by atoms with Crippen LogP contribution in [0.2, 0.25) is 5.15 Å². The molecule has 0 atom stereocenters. The van der Waals surface area contributed by atoms with Crippen molar-refractivity contribution in [1.82, 2.24) is 9.78 Å². The number of hydrogen-bond acceptors (Lipinski definition) is 2. The summed E-state index contributed by atoms with van der Waals surface area (Å²) >= 11 is 6.31. The second kappa shape index (κ2) is 5.54. The van der Waals surface area contributed by atoms with Crippen LogP contribution < -0.4 is 0 Å². The van der Waals surface area contributed by atoms with Gasteiger partial charge in [0.2, 0.25) is 0 Å². The van der Waals surface area contributed by atoms with Gasteiger partial charge in [-0.05, 0) is 31.0 Å². The van der Waals surface area contributed by atoms with E-state index in [-0.39, 0.29) is 12.4 Å². The summed E-state index contributed by atoms with van der Waals surface area (Å²) in [5.41, 5.74) is 2.11. The lowest BCUT2D eigenvalue weighted by Gasteiger charge is -2.06. The zero-order valence-electron chi connectivity index (χ0n) is 11.0. The summed E-state index contributed by atoms with van der Waals surface area (Å²) in [6.45, 7) is -0.139. The minimum atomic E-state index is -0.331. The van der Waals surface area contributed by atoms with E-state index in [9.17, 15) is 9.50 Å². The Balaban J connectivity index is 2.08. The van der Waals surface area contributed by atoms with Gasteiger partial charge in [0.1, 0.15) is 11.0 Å². The highest BCUT2D eigenvalue weighted by atomic mass is 35.5. The van der Waals surface area contributed by atoms with Crippen molar-refractivity contribution in [2.45, 2.75) is 38.2 Å². The minimum Gasteiger partial charge on any atom is -0.391 e. The third-order valence-corrected chi connectivity index (χ3v) is 4.29. The first kappa shape index (κ1) is 13.6. The van der Waals surface area contributed by atoms with Gasteiger partial charge in [0.05, 0.1) is 18.0 Å². The van der Waals surface area contributed by atoms with Crippen LogP contribution in [0.4, 0.5) is 4.39 Å². The molecule has 3 nitrogen and oxygen atoms in total. The van der Waals surface area contributed by atoms with Gasteiger partial charge in [0.15, 0.2) is 0 Å². The van der Waals surface area contributed by atoms with Crippen LogP contribution in [-0.4, -0.2) is 14.9 Å². The second-order valence-electron chi connectivity index (χ2n) is 5.19. The smallest absolute Gasteiger partial charge is 0.138 e. The highest BCUT2D eigenvalue weighted by molar-refractivity contribution is 6.30. The lowest BCUT2D eigenvalue weighted by Crippen LogP contribution is -2.00. The number of aliphatic hydroxyl groups is 1. The van der Waals surface area contributed by atoms with E-state index in [0.29, 0.717) is 22.3 Å². The number of rotatable bonds is 3. The van der Waals surface area contributed by atoms with Gasteiger partial charge in [-0.15, -0.1) is 0 Å². The van der Waals surface area contributed by atoms with Crippen LogP contribution in [0.3, 0.4) is 0 Å². The molecule has 1 fully saturated rings. The fourth-order valence-corrected chi connectivity index (χ4v) is 3.19. The average Bonchev–Trinajstić information content (AvgIpc) is 3.05. The van der Waals surface area contributed by atoms with Crippen molar-refractivity contribution >= 4 is 11.6 Å². The quantitative estimate of drug-likeness (QED) is 0.934. The summed E-state index contributed by atoms with van der Waals surface area (Å²) in [5, 5.41) is 14.5. The summed E-state index contributed by atoms with van der Waals surface area (Å²) in [7, 11) is 0. The van der Waals surface area contributed by atoms with Gasteiger partial charge in [-0.2, -0.15) is 5.10 Å².